The molecule has 4 nitrogen and oxygen atoms in total. The van der Waals surface area contributed by atoms with Crippen LogP contribution in [-0.4, -0.2) is 16.1 Å². The molecule has 0 spiro atoms. The van der Waals surface area contributed by atoms with E-state index in [2.05, 4.69) is 4.98 Å². The number of aromatic amines is 1. The molecule has 12 heavy (non-hydrogen) atoms. The smallest absolute Gasteiger partial charge is 0.352 e. The lowest BCUT2D eigenvalue weighted by Crippen LogP contribution is -2.03. The molecule has 0 bridgehead atoms. The summed E-state index contributed by atoms with van der Waals surface area (Å²) in [4.78, 5) is 13.4. The van der Waals surface area contributed by atoms with Gasteiger partial charge < -0.3 is 15.8 Å². The summed E-state index contributed by atoms with van der Waals surface area (Å²) in [6, 6.07) is 0.0179. The monoisotopic (exact) mass is 166 g/mol. The molecule has 0 amide bonds. The van der Waals surface area contributed by atoms with Crippen LogP contribution in [0.3, 0.4) is 0 Å². The van der Waals surface area contributed by atoms with E-state index in [1.165, 1.54) is 0 Å². The Balaban J connectivity index is 2.49. The third-order valence-electron chi connectivity index (χ3n) is 2.34. The second kappa shape index (κ2) is 2.35. The van der Waals surface area contributed by atoms with Gasteiger partial charge in [-0.15, -0.1) is 0 Å². The zero-order valence-corrected chi connectivity index (χ0v) is 6.50. The van der Waals surface area contributed by atoms with E-state index in [1.807, 2.05) is 0 Å². The predicted molar refractivity (Wildman–Crippen MR) is 43.0 cm³/mol. The zero-order chi connectivity index (χ0) is 8.72. The standard InChI is InChI=1S/C8H10N2O2/c9-6-2-1-4-5(6)3-10-7(4)8(11)12/h3,6,10H,1-2,9H2,(H,11,12). The van der Waals surface area contributed by atoms with Gasteiger partial charge in [-0.25, -0.2) is 4.79 Å². The first-order chi connectivity index (χ1) is 5.70. The fraction of sp³-hybridized carbons (Fsp3) is 0.375. The van der Waals surface area contributed by atoms with Crippen molar-refractivity contribution in [3.63, 3.8) is 0 Å². The van der Waals surface area contributed by atoms with Crippen LogP contribution in [0.1, 0.15) is 34.1 Å². The van der Waals surface area contributed by atoms with Crippen LogP contribution in [-0.2, 0) is 6.42 Å². The number of rotatable bonds is 1. The van der Waals surface area contributed by atoms with E-state index in [4.69, 9.17) is 10.8 Å². The molecule has 4 heteroatoms. The van der Waals surface area contributed by atoms with Gasteiger partial charge in [0.1, 0.15) is 5.69 Å². The van der Waals surface area contributed by atoms with E-state index < -0.39 is 5.97 Å². The van der Waals surface area contributed by atoms with Gasteiger partial charge in [0.2, 0.25) is 0 Å². The SMILES string of the molecule is NC1CCc2c1c[nH]c2C(=O)O. The lowest BCUT2D eigenvalue weighted by molar-refractivity contribution is 0.0690. The number of hydrogen-bond donors (Lipinski definition) is 3. The summed E-state index contributed by atoms with van der Waals surface area (Å²) in [5.41, 5.74) is 7.90. The summed E-state index contributed by atoms with van der Waals surface area (Å²) in [5.74, 6) is -0.898. The Morgan fingerprint density at radius 1 is 1.75 bits per heavy atom. The number of fused-ring (bicyclic) bond motifs is 1. The Hall–Kier alpha value is -1.29. The highest BCUT2D eigenvalue weighted by atomic mass is 16.4. The number of aromatic nitrogens is 1. The third-order valence-corrected chi connectivity index (χ3v) is 2.34. The molecule has 1 atom stereocenters. The number of carboxylic acids is 1. The summed E-state index contributed by atoms with van der Waals surface area (Å²) >= 11 is 0. The summed E-state index contributed by atoms with van der Waals surface area (Å²) in [6.07, 6.45) is 3.34. The minimum absolute atomic E-state index is 0.0179. The van der Waals surface area contributed by atoms with Crippen LogP contribution in [0.15, 0.2) is 6.20 Å². The molecular formula is C8H10N2O2. The fourth-order valence-corrected chi connectivity index (χ4v) is 1.71. The maximum absolute atomic E-state index is 10.7. The molecule has 0 aromatic carbocycles. The molecule has 0 saturated heterocycles. The maximum atomic E-state index is 10.7. The molecular weight excluding hydrogens is 156 g/mol. The molecule has 1 aliphatic rings. The highest BCUT2D eigenvalue weighted by molar-refractivity contribution is 5.88. The van der Waals surface area contributed by atoms with Crippen LogP contribution in [0.4, 0.5) is 0 Å². The Morgan fingerprint density at radius 3 is 3.17 bits per heavy atom. The first-order valence-corrected chi connectivity index (χ1v) is 3.89. The van der Waals surface area contributed by atoms with Gasteiger partial charge in [-0.1, -0.05) is 0 Å². The average Bonchev–Trinajstić information content (AvgIpc) is 2.53. The third kappa shape index (κ3) is 0.848. The number of carbonyl (C=O) groups is 1. The number of hydrogen-bond acceptors (Lipinski definition) is 2. The second-order valence-electron chi connectivity index (χ2n) is 3.05. The van der Waals surface area contributed by atoms with E-state index in [0.717, 1.165) is 24.0 Å². The lowest BCUT2D eigenvalue weighted by Gasteiger charge is -1.97. The van der Waals surface area contributed by atoms with Crippen molar-refractivity contribution >= 4 is 5.97 Å². The fourth-order valence-electron chi connectivity index (χ4n) is 1.71. The molecule has 4 N–H and O–H groups in total. The van der Waals surface area contributed by atoms with Crippen molar-refractivity contribution in [3.8, 4) is 0 Å². The number of nitrogens with one attached hydrogen (secondary N) is 1. The molecule has 1 unspecified atom stereocenters. The molecule has 0 radical (unpaired) electrons. The van der Waals surface area contributed by atoms with Crippen LogP contribution < -0.4 is 5.73 Å². The second-order valence-corrected chi connectivity index (χ2v) is 3.05. The molecule has 2 rings (SSSR count). The highest BCUT2D eigenvalue weighted by Crippen LogP contribution is 2.31. The van der Waals surface area contributed by atoms with E-state index in [1.54, 1.807) is 6.20 Å². The molecule has 0 aliphatic heterocycles. The predicted octanol–water partition coefficient (Wildman–Crippen LogP) is 0.659. The molecule has 64 valence electrons. The van der Waals surface area contributed by atoms with Crippen LogP contribution in [0.5, 0.6) is 0 Å². The number of nitrogens with two attached hydrogens (primary N) is 1. The van der Waals surface area contributed by atoms with Crippen molar-refractivity contribution < 1.29 is 9.90 Å². The van der Waals surface area contributed by atoms with E-state index >= 15 is 0 Å². The summed E-state index contributed by atoms with van der Waals surface area (Å²) < 4.78 is 0. The summed E-state index contributed by atoms with van der Waals surface area (Å²) in [6.45, 7) is 0. The normalized spacial score (nSPS) is 20.9. The van der Waals surface area contributed by atoms with Crippen LogP contribution >= 0.6 is 0 Å². The summed E-state index contributed by atoms with van der Waals surface area (Å²) in [5, 5.41) is 8.75. The van der Waals surface area contributed by atoms with Crippen molar-refractivity contribution in [1.29, 1.82) is 0 Å². The molecule has 1 aliphatic carbocycles. The topological polar surface area (TPSA) is 79.1 Å². The van der Waals surface area contributed by atoms with E-state index in [9.17, 15) is 4.79 Å². The summed E-state index contributed by atoms with van der Waals surface area (Å²) in [7, 11) is 0. The molecule has 0 fully saturated rings. The van der Waals surface area contributed by atoms with Gasteiger partial charge in [0.25, 0.3) is 0 Å². The van der Waals surface area contributed by atoms with Gasteiger partial charge >= 0.3 is 5.97 Å². The maximum Gasteiger partial charge on any atom is 0.352 e. The van der Waals surface area contributed by atoms with Gasteiger partial charge in [-0.2, -0.15) is 0 Å². The molecule has 1 heterocycles. The number of aromatic carboxylic acids is 1. The van der Waals surface area contributed by atoms with Crippen molar-refractivity contribution in [1.82, 2.24) is 4.98 Å². The van der Waals surface area contributed by atoms with Crippen molar-refractivity contribution in [3.05, 3.63) is 23.0 Å². The van der Waals surface area contributed by atoms with Crippen molar-refractivity contribution in [2.24, 2.45) is 5.73 Å². The van der Waals surface area contributed by atoms with Gasteiger partial charge in [-0.05, 0) is 24.0 Å². The minimum atomic E-state index is -0.898. The van der Waals surface area contributed by atoms with Crippen LogP contribution in [0.25, 0.3) is 0 Å². The Morgan fingerprint density at radius 2 is 2.50 bits per heavy atom. The highest BCUT2D eigenvalue weighted by Gasteiger charge is 2.25. The molecule has 0 saturated carbocycles. The van der Waals surface area contributed by atoms with E-state index in [-0.39, 0.29) is 6.04 Å². The van der Waals surface area contributed by atoms with Gasteiger partial charge in [-0.3, -0.25) is 0 Å². The number of H-pyrrole nitrogens is 1. The first kappa shape index (κ1) is 7.36. The molecule has 1 aromatic rings. The van der Waals surface area contributed by atoms with Crippen LogP contribution in [0.2, 0.25) is 0 Å². The van der Waals surface area contributed by atoms with Gasteiger partial charge in [0, 0.05) is 12.2 Å². The average molecular weight is 166 g/mol. The molecule has 1 aromatic heterocycles. The Kier molecular flexibility index (Phi) is 1.44. The lowest BCUT2D eigenvalue weighted by atomic mass is 10.2. The van der Waals surface area contributed by atoms with Gasteiger partial charge in [0.05, 0.1) is 0 Å². The van der Waals surface area contributed by atoms with Crippen molar-refractivity contribution in [2.45, 2.75) is 18.9 Å². The van der Waals surface area contributed by atoms with Crippen LogP contribution in [0, 0.1) is 0 Å². The Bertz CT molecular complexity index is 330. The van der Waals surface area contributed by atoms with Crippen molar-refractivity contribution in [2.75, 3.05) is 0 Å². The quantitative estimate of drug-likeness (QED) is 0.573. The minimum Gasteiger partial charge on any atom is -0.477 e. The van der Waals surface area contributed by atoms with E-state index in [0.29, 0.717) is 5.69 Å². The largest absolute Gasteiger partial charge is 0.477 e. The van der Waals surface area contributed by atoms with Gasteiger partial charge in [0.15, 0.2) is 0 Å². The Labute approximate surface area is 69.4 Å². The first-order valence-electron chi connectivity index (χ1n) is 3.89. The number of carboxylic acid groups (broad SMARTS) is 1. The zero-order valence-electron chi connectivity index (χ0n) is 6.50.